The first kappa shape index (κ1) is 14.5. The van der Waals surface area contributed by atoms with E-state index in [2.05, 4.69) is 9.47 Å². The molecule has 1 aromatic carbocycles. The van der Waals surface area contributed by atoms with Gasteiger partial charge in [0.05, 0.1) is 17.7 Å². The number of nitro benzene ring substituents is 1. The van der Waals surface area contributed by atoms with E-state index in [1.807, 2.05) is 0 Å². The molecule has 1 rings (SSSR count). The van der Waals surface area contributed by atoms with Crippen LogP contribution in [0.3, 0.4) is 0 Å². The maximum absolute atomic E-state index is 12.1. The first-order valence-corrected chi connectivity index (χ1v) is 4.57. The number of ether oxygens (including phenoxy) is 2. The Morgan fingerprint density at radius 1 is 1.42 bits per heavy atom. The maximum Gasteiger partial charge on any atom is 0.573 e. The third kappa shape index (κ3) is 3.47. The summed E-state index contributed by atoms with van der Waals surface area (Å²) >= 11 is 0. The fraction of sp³-hybridized carbons (Fsp3) is 0.222. The summed E-state index contributed by atoms with van der Waals surface area (Å²) in [6.07, 6.45) is -5.04. The van der Waals surface area contributed by atoms with Crippen molar-refractivity contribution in [3.05, 3.63) is 27.8 Å². The number of nitrogens with two attached hydrogens (primary N) is 1. The number of esters is 1. The molecule has 0 spiro atoms. The number of benzene rings is 1. The summed E-state index contributed by atoms with van der Waals surface area (Å²) in [5.41, 5.74) is 3.09. The number of nitrogen functional groups attached to an aromatic ring is 1. The standard InChI is InChI=1S/C9H7F3N2O5/c1-18-8(15)4-2-7(19-9(10,11)12)5(13)3-6(4)14(16)17/h2-3H,13H2,1H3. The molecule has 104 valence electrons. The van der Waals surface area contributed by atoms with Crippen LogP contribution in [-0.2, 0) is 4.74 Å². The highest BCUT2D eigenvalue weighted by atomic mass is 19.4. The summed E-state index contributed by atoms with van der Waals surface area (Å²) in [7, 11) is 0.923. The predicted octanol–water partition coefficient (Wildman–Crippen LogP) is 1.86. The van der Waals surface area contributed by atoms with E-state index in [-0.39, 0.29) is 0 Å². The van der Waals surface area contributed by atoms with Gasteiger partial charge in [0.1, 0.15) is 5.56 Å². The summed E-state index contributed by atoms with van der Waals surface area (Å²) in [5, 5.41) is 10.7. The van der Waals surface area contributed by atoms with Crippen LogP contribution < -0.4 is 10.5 Å². The van der Waals surface area contributed by atoms with Crippen molar-refractivity contribution in [1.82, 2.24) is 0 Å². The van der Waals surface area contributed by atoms with Crippen molar-refractivity contribution in [2.75, 3.05) is 12.8 Å². The molecular weight excluding hydrogens is 273 g/mol. The van der Waals surface area contributed by atoms with Gasteiger partial charge in [-0.1, -0.05) is 0 Å². The fourth-order valence-corrected chi connectivity index (χ4v) is 1.22. The Kier molecular flexibility index (Phi) is 3.83. The lowest BCUT2D eigenvalue weighted by Gasteiger charge is -2.12. The average molecular weight is 280 g/mol. The number of halogens is 3. The second-order valence-electron chi connectivity index (χ2n) is 3.20. The lowest BCUT2D eigenvalue weighted by Crippen LogP contribution is -2.19. The van der Waals surface area contributed by atoms with Gasteiger partial charge in [-0.05, 0) is 0 Å². The monoisotopic (exact) mass is 280 g/mol. The molecule has 0 aromatic heterocycles. The molecule has 0 aliphatic heterocycles. The quantitative estimate of drug-likeness (QED) is 0.392. The van der Waals surface area contributed by atoms with Crippen LogP contribution in [0.5, 0.6) is 5.75 Å². The van der Waals surface area contributed by atoms with Gasteiger partial charge in [-0.15, -0.1) is 13.2 Å². The smallest absolute Gasteiger partial charge is 0.465 e. The molecule has 1 aromatic rings. The first-order valence-electron chi connectivity index (χ1n) is 4.57. The van der Waals surface area contributed by atoms with E-state index < -0.39 is 39.9 Å². The van der Waals surface area contributed by atoms with Gasteiger partial charge in [0, 0.05) is 12.1 Å². The number of carbonyl (C=O) groups excluding carboxylic acids is 1. The molecule has 0 fully saturated rings. The topological polar surface area (TPSA) is 105 Å². The number of anilines is 1. The molecule has 0 bridgehead atoms. The van der Waals surface area contributed by atoms with Crippen molar-refractivity contribution in [3.8, 4) is 5.75 Å². The summed E-state index contributed by atoms with van der Waals surface area (Å²) in [5.74, 6) is -2.10. The van der Waals surface area contributed by atoms with Crippen LogP contribution >= 0.6 is 0 Å². The third-order valence-corrected chi connectivity index (χ3v) is 1.96. The van der Waals surface area contributed by atoms with Crippen LogP contribution in [0.1, 0.15) is 10.4 Å². The minimum absolute atomic E-state index is 0.507. The number of rotatable bonds is 3. The van der Waals surface area contributed by atoms with Gasteiger partial charge in [0.25, 0.3) is 5.69 Å². The highest BCUT2D eigenvalue weighted by molar-refractivity contribution is 5.95. The van der Waals surface area contributed by atoms with Crippen LogP contribution in [0.4, 0.5) is 24.5 Å². The average Bonchev–Trinajstić information content (AvgIpc) is 2.28. The Balaban J connectivity index is 3.38. The van der Waals surface area contributed by atoms with Crippen LogP contribution in [0.2, 0.25) is 0 Å². The summed E-state index contributed by atoms with van der Waals surface area (Å²) < 4.78 is 44.0. The second-order valence-corrected chi connectivity index (χ2v) is 3.20. The van der Waals surface area contributed by atoms with Gasteiger partial charge in [-0.25, -0.2) is 4.79 Å². The van der Waals surface area contributed by atoms with E-state index in [1.165, 1.54) is 0 Å². The number of nitro groups is 1. The fourth-order valence-electron chi connectivity index (χ4n) is 1.22. The Bertz CT molecular complexity index is 529. The van der Waals surface area contributed by atoms with Gasteiger partial charge >= 0.3 is 12.3 Å². The normalized spacial score (nSPS) is 10.9. The van der Waals surface area contributed by atoms with Crippen molar-refractivity contribution < 1.29 is 32.4 Å². The van der Waals surface area contributed by atoms with E-state index in [9.17, 15) is 28.1 Å². The lowest BCUT2D eigenvalue weighted by molar-refractivity contribution is -0.385. The highest BCUT2D eigenvalue weighted by Crippen LogP contribution is 2.34. The number of methoxy groups -OCH3 is 1. The van der Waals surface area contributed by atoms with Crippen LogP contribution in [-0.4, -0.2) is 24.4 Å². The maximum atomic E-state index is 12.1. The molecule has 0 atom stereocenters. The third-order valence-electron chi connectivity index (χ3n) is 1.96. The molecule has 10 heteroatoms. The summed E-state index contributed by atoms with van der Waals surface area (Å²) in [6.45, 7) is 0. The van der Waals surface area contributed by atoms with Gasteiger partial charge in [-0.3, -0.25) is 10.1 Å². The molecule has 0 aliphatic carbocycles. The zero-order chi connectivity index (χ0) is 14.8. The molecule has 19 heavy (non-hydrogen) atoms. The van der Waals surface area contributed by atoms with E-state index in [0.717, 1.165) is 7.11 Å². The Hall–Kier alpha value is -2.52. The van der Waals surface area contributed by atoms with E-state index in [4.69, 9.17) is 5.73 Å². The number of hydrogen-bond acceptors (Lipinski definition) is 6. The SMILES string of the molecule is COC(=O)c1cc(OC(F)(F)F)c(N)cc1[N+](=O)[O-]. The Labute approximate surface area is 103 Å². The molecule has 0 amide bonds. The predicted molar refractivity (Wildman–Crippen MR) is 55.5 cm³/mol. The Morgan fingerprint density at radius 2 is 2.00 bits per heavy atom. The molecule has 7 nitrogen and oxygen atoms in total. The molecule has 0 heterocycles. The molecule has 0 saturated carbocycles. The van der Waals surface area contributed by atoms with Gasteiger partial charge in [0.2, 0.25) is 0 Å². The number of hydrogen-bond donors (Lipinski definition) is 1. The van der Waals surface area contributed by atoms with Crippen molar-refractivity contribution >= 4 is 17.3 Å². The van der Waals surface area contributed by atoms with Gasteiger partial charge in [0.15, 0.2) is 5.75 Å². The summed E-state index contributed by atoms with van der Waals surface area (Å²) in [6, 6.07) is 1.10. The molecule has 0 aliphatic rings. The van der Waals surface area contributed by atoms with E-state index in [0.29, 0.717) is 12.1 Å². The molecular formula is C9H7F3N2O5. The number of alkyl halides is 3. The largest absolute Gasteiger partial charge is 0.573 e. The molecule has 0 radical (unpaired) electrons. The Morgan fingerprint density at radius 3 is 2.42 bits per heavy atom. The number of carbonyl (C=O) groups is 1. The van der Waals surface area contributed by atoms with Crippen molar-refractivity contribution in [3.63, 3.8) is 0 Å². The lowest BCUT2D eigenvalue weighted by atomic mass is 10.1. The van der Waals surface area contributed by atoms with Crippen molar-refractivity contribution in [1.29, 1.82) is 0 Å². The molecule has 2 N–H and O–H groups in total. The van der Waals surface area contributed by atoms with Gasteiger partial charge in [-0.2, -0.15) is 0 Å². The van der Waals surface area contributed by atoms with Crippen LogP contribution in [0, 0.1) is 10.1 Å². The second kappa shape index (κ2) is 5.00. The minimum Gasteiger partial charge on any atom is -0.465 e. The van der Waals surface area contributed by atoms with E-state index in [1.54, 1.807) is 0 Å². The zero-order valence-electron chi connectivity index (χ0n) is 9.35. The first-order chi connectivity index (χ1) is 8.65. The molecule has 0 unspecified atom stereocenters. The van der Waals surface area contributed by atoms with Crippen molar-refractivity contribution in [2.45, 2.75) is 6.36 Å². The highest BCUT2D eigenvalue weighted by Gasteiger charge is 2.34. The van der Waals surface area contributed by atoms with Crippen molar-refractivity contribution in [2.24, 2.45) is 0 Å². The van der Waals surface area contributed by atoms with E-state index >= 15 is 0 Å². The van der Waals surface area contributed by atoms with Gasteiger partial charge < -0.3 is 15.2 Å². The summed E-state index contributed by atoms with van der Waals surface area (Å²) in [4.78, 5) is 21.0. The zero-order valence-corrected chi connectivity index (χ0v) is 9.35. The minimum atomic E-state index is -5.04. The van der Waals surface area contributed by atoms with Crippen LogP contribution in [0.25, 0.3) is 0 Å². The molecule has 0 saturated heterocycles. The van der Waals surface area contributed by atoms with Crippen LogP contribution in [0.15, 0.2) is 12.1 Å². The number of nitrogens with zero attached hydrogens (tertiary/aromatic N) is 1.